The van der Waals surface area contributed by atoms with Crippen LogP contribution in [0.15, 0.2) is 48.5 Å². The van der Waals surface area contributed by atoms with Crippen LogP contribution in [0.4, 0.5) is 0 Å². The molecule has 0 amide bonds. The second-order valence-corrected chi connectivity index (χ2v) is 5.01. The summed E-state index contributed by atoms with van der Waals surface area (Å²) in [5.74, 6) is 0.442. The van der Waals surface area contributed by atoms with Crippen LogP contribution in [0, 0.1) is 0 Å². The lowest BCUT2D eigenvalue weighted by molar-refractivity contribution is -0.131. The third kappa shape index (κ3) is 4.61. The number of carboxylic acids is 1. The Labute approximate surface area is 136 Å². The van der Waals surface area contributed by atoms with Crippen molar-refractivity contribution in [3.63, 3.8) is 0 Å². The van der Waals surface area contributed by atoms with Crippen molar-refractivity contribution in [2.75, 3.05) is 13.7 Å². The Morgan fingerprint density at radius 3 is 2.61 bits per heavy atom. The smallest absolute Gasteiger partial charge is 0.328 e. The Hall–Kier alpha value is -2.75. The first-order chi connectivity index (χ1) is 11.1. The first kappa shape index (κ1) is 16.6. The van der Waals surface area contributed by atoms with E-state index < -0.39 is 5.97 Å². The Balaban J connectivity index is 2.31. The summed E-state index contributed by atoms with van der Waals surface area (Å²) >= 11 is 0. The molecule has 4 nitrogen and oxygen atoms in total. The maximum Gasteiger partial charge on any atom is 0.328 e. The van der Waals surface area contributed by atoms with Gasteiger partial charge in [0.1, 0.15) is 0 Å². The zero-order valence-corrected chi connectivity index (χ0v) is 13.3. The van der Waals surface area contributed by atoms with Crippen molar-refractivity contribution in [1.82, 2.24) is 0 Å². The molecule has 0 aliphatic carbocycles. The van der Waals surface area contributed by atoms with Crippen molar-refractivity contribution in [1.29, 1.82) is 0 Å². The van der Waals surface area contributed by atoms with Crippen LogP contribution < -0.4 is 9.47 Å². The fraction of sp³-hybridized carbons (Fsp3) is 0.211. The lowest BCUT2D eigenvalue weighted by atomic mass is 10.0. The average Bonchev–Trinajstić information content (AvgIpc) is 2.58. The van der Waals surface area contributed by atoms with Gasteiger partial charge in [-0.15, -0.1) is 0 Å². The molecule has 0 bridgehead atoms. The number of hydrogen-bond donors (Lipinski definition) is 1. The third-order valence-corrected chi connectivity index (χ3v) is 3.26. The number of aliphatic carboxylic acids is 1. The number of ether oxygens (including phenoxy) is 2. The topological polar surface area (TPSA) is 55.8 Å². The second-order valence-electron chi connectivity index (χ2n) is 5.01. The van der Waals surface area contributed by atoms with Gasteiger partial charge in [0.2, 0.25) is 0 Å². The molecule has 1 N–H and O–H groups in total. The van der Waals surface area contributed by atoms with Crippen LogP contribution >= 0.6 is 0 Å². The molecule has 0 spiro atoms. The average molecular weight is 312 g/mol. The molecule has 2 aromatic rings. The van der Waals surface area contributed by atoms with E-state index in [-0.39, 0.29) is 0 Å². The van der Waals surface area contributed by atoms with Gasteiger partial charge in [0.05, 0.1) is 13.7 Å². The number of rotatable bonds is 7. The lowest BCUT2D eigenvalue weighted by Gasteiger charge is -2.12. The molecule has 2 aromatic carbocycles. The summed E-state index contributed by atoms with van der Waals surface area (Å²) in [7, 11) is 1.62. The Morgan fingerprint density at radius 2 is 1.91 bits per heavy atom. The number of benzene rings is 2. The van der Waals surface area contributed by atoms with Gasteiger partial charge in [0.25, 0.3) is 0 Å². The van der Waals surface area contributed by atoms with Crippen molar-refractivity contribution in [2.24, 2.45) is 0 Å². The highest BCUT2D eigenvalue weighted by Crippen LogP contribution is 2.33. The maximum atomic E-state index is 10.6. The van der Waals surface area contributed by atoms with Gasteiger partial charge in [-0.1, -0.05) is 31.2 Å². The minimum atomic E-state index is -0.963. The Bertz CT molecular complexity index is 704. The van der Waals surface area contributed by atoms with Gasteiger partial charge in [-0.05, 0) is 47.4 Å². The molecule has 0 saturated heterocycles. The third-order valence-electron chi connectivity index (χ3n) is 3.26. The van der Waals surface area contributed by atoms with Crippen LogP contribution in [-0.2, 0) is 4.79 Å². The van der Waals surface area contributed by atoms with E-state index in [1.54, 1.807) is 13.2 Å². The van der Waals surface area contributed by atoms with Gasteiger partial charge < -0.3 is 14.6 Å². The van der Waals surface area contributed by atoms with Crippen molar-refractivity contribution in [3.05, 3.63) is 54.1 Å². The molecule has 0 atom stereocenters. The highest BCUT2D eigenvalue weighted by molar-refractivity contribution is 5.85. The number of carbonyl (C=O) groups is 1. The predicted molar refractivity (Wildman–Crippen MR) is 90.9 cm³/mol. The van der Waals surface area contributed by atoms with E-state index in [9.17, 15) is 4.79 Å². The van der Waals surface area contributed by atoms with Crippen LogP contribution in [0.3, 0.4) is 0 Å². The molecule has 4 heteroatoms. The Kier molecular flexibility index (Phi) is 5.80. The molecule has 0 heterocycles. The van der Waals surface area contributed by atoms with E-state index in [1.165, 1.54) is 0 Å². The minimum Gasteiger partial charge on any atom is -0.493 e. The van der Waals surface area contributed by atoms with Crippen LogP contribution in [0.5, 0.6) is 11.5 Å². The molecular formula is C19H20O4. The van der Waals surface area contributed by atoms with Gasteiger partial charge in [0, 0.05) is 6.08 Å². The summed E-state index contributed by atoms with van der Waals surface area (Å²) in [6.07, 6.45) is 3.63. The molecule has 0 unspecified atom stereocenters. The quantitative estimate of drug-likeness (QED) is 0.777. The zero-order chi connectivity index (χ0) is 16.7. The highest BCUT2D eigenvalue weighted by Gasteiger charge is 2.07. The van der Waals surface area contributed by atoms with E-state index >= 15 is 0 Å². The summed E-state index contributed by atoms with van der Waals surface area (Å²) in [5.41, 5.74) is 2.80. The standard InChI is InChI=1S/C19H20O4/c1-3-11-23-17-9-8-16(13-18(17)22-2)15-6-4-5-14(12-15)7-10-19(20)21/h4-10,12-13H,3,11H2,1-2H3,(H,20,21)/b10-7-. The SMILES string of the molecule is CCCOc1ccc(-c2cccc(/C=C\C(=O)O)c2)cc1OC. The fourth-order valence-corrected chi connectivity index (χ4v) is 2.17. The molecule has 0 aliphatic heterocycles. The Morgan fingerprint density at radius 1 is 1.13 bits per heavy atom. The molecule has 2 rings (SSSR count). The molecule has 120 valence electrons. The van der Waals surface area contributed by atoms with E-state index in [1.807, 2.05) is 42.5 Å². The first-order valence-corrected chi connectivity index (χ1v) is 7.46. The molecule has 0 aliphatic rings. The van der Waals surface area contributed by atoms with Crippen molar-refractivity contribution in [3.8, 4) is 22.6 Å². The fourth-order valence-electron chi connectivity index (χ4n) is 2.17. The lowest BCUT2D eigenvalue weighted by Crippen LogP contribution is -1.97. The van der Waals surface area contributed by atoms with E-state index in [0.717, 1.165) is 34.9 Å². The molecule has 0 radical (unpaired) electrons. The van der Waals surface area contributed by atoms with Crippen molar-refractivity contribution in [2.45, 2.75) is 13.3 Å². The van der Waals surface area contributed by atoms with Crippen LogP contribution in [0.2, 0.25) is 0 Å². The minimum absolute atomic E-state index is 0.644. The monoisotopic (exact) mass is 312 g/mol. The zero-order valence-electron chi connectivity index (χ0n) is 13.3. The largest absolute Gasteiger partial charge is 0.493 e. The van der Waals surface area contributed by atoms with E-state index in [4.69, 9.17) is 14.6 Å². The molecular weight excluding hydrogens is 292 g/mol. The number of carboxylic acid groups (broad SMARTS) is 1. The van der Waals surface area contributed by atoms with Crippen molar-refractivity contribution < 1.29 is 19.4 Å². The summed E-state index contributed by atoms with van der Waals surface area (Å²) < 4.78 is 11.1. The van der Waals surface area contributed by atoms with Gasteiger partial charge in [-0.3, -0.25) is 0 Å². The molecule has 0 fully saturated rings. The highest BCUT2D eigenvalue weighted by atomic mass is 16.5. The van der Waals surface area contributed by atoms with Gasteiger partial charge in [-0.2, -0.15) is 0 Å². The van der Waals surface area contributed by atoms with Gasteiger partial charge in [0.15, 0.2) is 11.5 Å². The molecule has 23 heavy (non-hydrogen) atoms. The van der Waals surface area contributed by atoms with Crippen LogP contribution in [0.25, 0.3) is 17.2 Å². The number of methoxy groups -OCH3 is 1. The van der Waals surface area contributed by atoms with Gasteiger partial charge in [-0.25, -0.2) is 4.79 Å². The summed E-state index contributed by atoms with van der Waals surface area (Å²) in [5, 5.41) is 8.71. The molecule has 0 aromatic heterocycles. The summed E-state index contributed by atoms with van der Waals surface area (Å²) in [6, 6.07) is 13.4. The van der Waals surface area contributed by atoms with Crippen LogP contribution in [-0.4, -0.2) is 24.8 Å². The van der Waals surface area contributed by atoms with E-state index in [2.05, 4.69) is 6.92 Å². The second kappa shape index (κ2) is 8.03. The summed E-state index contributed by atoms with van der Waals surface area (Å²) in [6.45, 7) is 2.70. The maximum absolute atomic E-state index is 10.6. The van der Waals surface area contributed by atoms with Crippen molar-refractivity contribution >= 4 is 12.0 Å². The predicted octanol–water partition coefficient (Wildman–Crippen LogP) is 4.25. The normalized spacial score (nSPS) is 10.7. The first-order valence-electron chi connectivity index (χ1n) is 7.46. The summed E-state index contributed by atoms with van der Waals surface area (Å²) in [4.78, 5) is 10.6. The van der Waals surface area contributed by atoms with Crippen LogP contribution in [0.1, 0.15) is 18.9 Å². The number of hydrogen-bond acceptors (Lipinski definition) is 3. The van der Waals surface area contributed by atoms with Gasteiger partial charge >= 0.3 is 5.97 Å². The molecule has 0 saturated carbocycles. The van der Waals surface area contributed by atoms with E-state index in [0.29, 0.717) is 12.4 Å².